The van der Waals surface area contributed by atoms with Crippen molar-refractivity contribution >= 4 is 23.2 Å². The third-order valence-corrected chi connectivity index (χ3v) is 4.65. The van der Waals surface area contributed by atoms with Crippen molar-refractivity contribution < 1.29 is 14.3 Å². The number of rotatable bonds is 7. The smallest absolute Gasteiger partial charge is 0.252 e. The van der Waals surface area contributed by atoms with Gasteiger partial charge in [0.25, 0.3) is 5.91 Å². The summed E-state index contributed by atoms with van der Waals surface area (Å²) in [6, 6.07) is 9.31. The number of nitrogens with zero attached hydrogens (tertiary/aromatic N) is 1. The van der Waals surface area contributed by atoms with Crippen LogP contribution in [0, 0.1) is 0 Å². The Morgan fingerprint density at radius 3 is 2.71 bits per heavy atom. The summed E-state index contributed by atoms with van der Waals surface area (Å²) in [5.74, 6) is 0.582. The molecule has 1 aromatic carbocycles. The molecule has 1 atom stereocenters. The van der Waals surface area contributed by atoms with Gasteiger partial charge in [0, 0.05) is 36.5 Å². The first-order valence-electron chi connectivity index (χ1n) is 7.73. The van der Waals surface area contributed by atoms with Crippen molar-refractivity contribution in [2.45, 2.75) is 19.4 Å². The number of hydrogen-bond acceptors (Lipinski definition) is 4. The number of hydrogen-bond donors (Lipinski definition) is 1. The number of amides is 2. The number of ether oxygens (including phenoxy) is 1. The van der Waals surface area contributed by atoms with E-state index >= 15 is 0 Å². The van der Waals surface area contributed by atoms with Gasteiger partial charge in [-0.2, -0.15) is 11.3 Å². The highest BCUT2D eigenvalue weighted by Gasteiger charge is 2.20. The molecule has 2 aromatic rings. The number of carbonyl (C=O) groups is 2. The Balaban J connectivity index is 1.88. The maximum absolute atomic E-state index is 12.4. The molecule has 1 N–H and O–H groups in total. The largest absolute Gasteiger partial charge is 0.496 e. The maximum Gasteiger partial charge on any atom is 0.252 e. The summed E-state index contributed by atoms with van der Waals surface area (Å²) in [6.07, 6.45) is 0.256. The van der Waals surface area contributed by atoms with Crippen LogP contribution in [0.15, 0.2) is 41.1 Å². The molecule has 0 spiro atoms. The van der Waals surface area contributed by atoms with Crippen LogP contribution in [0.1, 0.15) is 35.3 Å². The van der Waals surface area contributed by atoms with Gasteiger partial charge >= 0.3 is 0 Å². The van der Waals surface area contributed by atoms with Gasteiger partial charge in [0.1, 0.15) is 5.75 Å². The van der Waals surface area contributed by atoms with E-state index in [2.05, 4.69) is 5.32 Å². The zero-order valence-corrected chi connectivity index (χ0v) is 14.9. The van der Waals surface area contributed by atoms with Crippen LogP contribution in [-0.4, -0.2) is 37.4 Å². The Morgan fingerprint density at radius 2 is 2.04 bits per heavy atom. The molecule has 2 amide bonds. The molecule has 0 aliphatic carbocycles. The van der Waals surface area contributed by atoms with E-state index in [4.69, 9.17) is 4.74 Å². The van der Waals surface area contributed by atoms with E-state index in [1.54, 1.807) is 30.5 Å². The van der Waals surface area contributed by atoms with Gasteiger partial charge < -0.3 is 15.0 Å². The molecule has 0 bridgehead atoms. The van der Waals surface area contributed by atoms with Crippen molar-refractivity contribution in [1.82, 2.24) is 10.2 Å². The highest BCUT2D eigenvalue weighted by atomic mass is 32.1. The number of thiophene rings is 1. The molecule has 24 heavy (non-hydrogen) atoms. The predicted molar refractivity (Wildman–Crippen MR) is 95.4 cm³/mol. The number of benzene rings is 1. The molecule has 5 nitrogen and oxygen atoms in total. The van der Waals surface area contributed by atoms with E-state index in [-0.39, 0.29) is 24.3 Å². The van der Waals surface area contributed by atoms with Gasteiger partial charge in [-0.05, 0) is 24.4 Å². The van der Waals surface area contributed by atoms with E-state index < -0.39 is 0 Å². The molecular formula is C18H22N2O3S. The molecule has 0 radical (unpaired) electrons. The molecule has 1 aromatic heterocycles. The number of para-hydroxylation sites is 1. The van der Waals surface area contributed by atoms with Crippen molar-refractivity contribution in [2.75, 3.05) is 20.7 Å². The Labute approximate surface area is 146 Å². The molecule has 6 heteroatoms. The summed E-state index contributed by atoms with van der Waals surface area (Å²) in [5, 5.41) is 6.40. The first-order chi connectivity index (χ1) is 11.5. The zero-order chi connectivity index (χ0) is 17.5. The van der Waals surface area contributed by atoms with E-state index in [0.717, 1.165) is 11.3 Å². The van der Waals surface area contributed by atoms with Crippen molar-refractivity contribution in [3.63, 3.8) is 0 Å². The number of methoxy groups -OCH3 is 1. The van der Waals surface area contributed by atoms with E-state index in [1.807, 2.05) is 36.6 Å². The summed E-state index contributed by atoms with van der Waals surface area (Å²) in [4.78, 5) is 25.9. The Bertz CT molecular complexity index is 685. The molecule has 0 aliphatic heterocycles. The van der Waals surface area contributed by atoms with Crippen molar-refractivity contribution in [3.05, 3.63) is 52.2 Å². The lowest BCUT2D eigenvalue weighted by Crippen LogP contribution is -2.33. The average molecular weight is 346 g/mol. The summed E-state index contributed by atoms with van der Waals surface area (Å²) < 4.78 is 5.36. The van der Waals surface area contributed by atoms with Crippen molar-refractivity contribution in [2.24, 2.45) is 0 Å². The lowest BCUT2D eigenvalue weighted by atomic mass is 10.1. The molecule has 0 aliphatic rings. The van der Waals surface area contributed by atoms with Crippen LogP contribution in [0.5, 0.6) is 5.75 Å². The Morgan fingerprint density at radius 1 is 1.29 bits per heavy atom. The van der Waals surface area contributed by atoms with Crippen LogP contribution < -0.4 is 10.1 Å². The second-order valence-electron chi connectivity index (χ2n) is 5.44. The fraction of sp³-hybridized carbons (Fsp3) is 0.333. The lowest BCUT2D eigenvalue weighted by molar-refractivity contribution is -0.131. The third kappa shape index (κ3) is 4.35. The monoisotopic (exact) mass is 346 g/mol. The normalized spacial score (nSPS) is 11.6. The minimum absolute atomic E-state index is 0.0287. The zero-order valence-electron chi connectivity index (χ0n) is 14.1. The van der Waals surface area contributed by atoms with Gasteiger partial charge in [-0.25, -0.2) is 0 Å². The van der Waals surface area contributed by atoms with Gasteiger partial charge in [-0.3, -0.25) is 9.59 Å². The Hall–Kier alpha value is -2.34. The fourth-order valence-corrected chi connectivity index (χ4v) is 3.03. The minimum Gasteiger partial charge on any atom is -0.496 e. The quantitative estimate of drug-likeness (QED) is 0.838. The topological polar surface area (TPSA) is 58.6 Å². The van der Waals surface area contributed by atoms with Crippen LogP contribution in [-0.2, 0) is 4.79 Å². The van der Waals surface area contributed by atoms with E-state index in [1.165, 1.54) is 11.3 Å². The molecule has 0 fully saturated rings. The highest BCUT2D eigenvalue weighted by molar-refractivity contribution is 7.08. The summed E-state index contributed by atoms with van der Waals surface area (Å²) in [6.45, 7) is 2.27. The molecule has 0 saturated heterocycles. The predicted octanol–water partition coefficient (Wildman–Crippen LogP) is 3.10. The molecule has 0 unspecified atom stereocenters. The molecular weight excluding hydrogens is 324 g/mol. The second kappa shape index (κ2) is 8.49. The van der Waals surface area contributed by atoms with Crippen LogP contribution >= 0.6 is 11.3 Å². The third-order valence-electron chi connectivity index (χ3n) is 3.97. The van der Waals surface area contributed by atoms with E-state index in [9.17, 15) is 9.59 Å². The molecule has 1 heterocycles. The van der Waals surface area contributed by atoms with Crippen LogP contribution in [0.4, 0.5) is 0 Å². The summed E-state index contributed by atoms with van der Waals surface area (Å²) in [5.41, 5.74) is 1.58. The molecule has 128 valence electrons. The van der Waals surface area contributed by atoms with Crippen LogP contribution in [0.3, 0.4) is 0 Å². The van der Waals surface area contributed by atoms with Crippen LogP contribution in [0.2, 0.25) is 0 Å². The molecule has 2 rings (SSSR count). The standard InChI is InChI=1S/C18H22N2O3S/c1-13(15-6-4-5-7-16(15)23-3)20(2)17(21)8-10-19-18(22)14-9-11-24-12-14/h4-7,9,11-13H,8,10H2,1-3H3,(H,19,22)/t13-/m1/s1. The number of nitrogens with one attached hydrogen (secondary N) is 1. The van der Waals surface area contributed by atoms with Gasteiger partial charge in [-0.15, -0.1) is 0 Å². The summed E-state index contributed by atoms with van der Waals surface area (Å²) in [7, 11) is 3.38. The summed E-state index contributed by atoms with van der Waals surface area (Å²) >= 11 is 1.47. The molecule has 0 saturated carbocycles. The van der Waals surface area contributed by atoms with Gasteiger partial charge in [0.15, 0.2) is 0 Å². The lowest BCUT2D eigenvalue weighted by Gasteiger charge is -2.26. The van der Waals surface area contributed by atoms with Gasteiger partial charge in [-0.1, -0.05) is 18.2 Å². The maximum atomic E-state index is 12.4. The number of carbonyl (C=O) groups excluding carboxylic acids is 2. The van der Waals surface area contributed by atoms with Gasteiger partial charge in [0.2, 0.25) is 5.91 Å². The Kier molecular flexibility index (Phi) is 6.37. The van der Waals surface area contributed by atoms with Gasteiger partial charge in [0.05, 0.1) is 13.2 Å². The van der Waals surface area contributed by atoms with Crippen LogP contribution in [0.25, 0.3) is 0 Å². The first kappa shape index (κ1) is 18.0. The van der Waals surface area contributed by atoms with E-state index in [0.29, 0.717) is 12.1 Å². The average Bonchev–Trinajstić information content (AvgIpc) is 3.14. The first-order valence-corrected chi connectivity index (χ1v) is 8.68. The minimum atomic E-state index is -0.149. The van der Waals surface area contributed by atoms with Crippen molar-refractivity contribution in [3.8, 4) is 5.75 Å². The fourth-order valence-electron chi connectivity index (χ4n) is 2.39. The van der Waals surface area contributed by atoms with Crippen molar-refractivity contribution in [1.29, 1.82) is 0 Å². The second-order valence-corrected chi connectivity index (χ2v) is 6.22. The highest BCUT2D eigenvalue weighted by Crippen LogP contribution is 2.28. The SMILES string of the molecule is COc1ccccc1[C@@H](C)N(C)C(=O)CCNC(=O)c1ccsc1.